The molecule has 1 saturated heterocycles. The second-order valence-corrected chi connectivity index (χ2v) is 7.37. The van der Waals surface area contributed by atoms with Gasteiger partial charge in [-0.2, -0.15) is 5.10 Å². The summed E-state index contributed by atoms with van der Waals surface area (Å²) >= 11 is 3.46. The Bertz CT molecular complexity index is 880. The van der Waals surface area contributed by atoms with Crippen LogP contribution in [0.3, 0.4) is 0 Å². The number of benzene rings is 2. The molecule has 2 aromatic carbocycles. The van der Waals surface area contributed by atoms with Gasteiger partial charge in [0, 0.05) is 35.2 Å². The highest BCUT2D eigenvalue weighted by molar-refractivity contribution is 9.10. The molecule has 0 atom stereocenters. The molecule has 1 fully saturated rings. The molecule has 146 valence electrons. The Morgan fingerprint density at radius 1 is 1.14 bits per heavy atom. The zero-order chi connectivity index (χ0) is 19.3. The van der Waals surface area contributed by atoms with E-state index in [-0.39, 0.29) is 12.7 Å². The fraction of sp³-hybridized carbons (Fsp3) is 0.300. The Morgan fingerprint density at radius 2 is 1.86 bits per heavy atom. The molecule has 1 amide bonds. The minimum absolute atomic E-state index is 0.209. The number of hydrogen-bond donors (Lipinski definition) is 1. The third-order valence-corrected chi connectivity index (χ3v) is 5.27. The van der Waals surface area contributed by atoms with Crippen LogP contribution in [0.15, 0.2) is 46.0 Å². The molecule has 0 saturated carbocycles. The summed E-state index contributed by atoms with van der Waals surface area (Å²) < 4.78 is 16.8. The van der Waals surface area contributed by atoms with Crippen LogP contribution < -0.4 is 14.9 Å². The van der Waals surface area contributed by atoms with E-state index >= 15 is 0 Å². The highest BCUT2D eigenvalue weighted by atomic mass is 79.9. The van der Waals surface area contributed by atoms with Gasteiger partial charge in [0.1, 0.15) is 0 Å². The fourth-order valence-corrected chi connectivity index (χ4v) is 3.46. The number of hydrogen-bond acceptors (Lipinski definition) is 6. The molecule has 2 aromatic rings. The summed E-state index contributed by atoms with van der Waals surface area (Å²) in [6, 6.07) is 11.2. The number of fused-ring (bicyclic) bond motifs is 1. The van der Waals surface area contributed by atoms with Gasteiger partial charge in [-0.05, 0) is 45.8 Å². The van der Waals surface area contributed by atoms with Crippen molar-refractivity contribution in [2.45, 2.75) is 6.54 Å². The molecule has 2 aliphatic heterocycles. The van der Waals surface area contributed by atoms with Crippen LogP contribution in [0.5, 0.6) is 11.5 Å². The van der Waals surface area contributed by atoms with E-state index in [0.29, 0.717) is 17.1 Å². The van der Waals surface area contributed by atoms with E-state index in [1.807, 2.05) is 36.4 Å². The van der Waals surface area contributed by atoms with Crippen molar-refractivity contribution in [1.82, 2.24) is 10.3 Å². The molecule has 0 bridgehead atoms. The number of ether oxygens (including phenoxy) is 3. The van der Waals surface area contributed by atoms with E-state index in [1.165, 1.54) is 5.56 Å². The van der Waals surface area contributed by atoms with Crippen LogP contribution in [0.25, 0.3) is 0 Å². The van der Waals surface area contributed by atoms with Crippen LogP contribution in [0.2, 0.25) is 0 Å². The summed E-state index contributed by atoms with van der Waals surface area (Å²) in [5.41, 5.74) is 5.07. The first-order chi connectivity index (χ1) is 13.7. The standard InChI is InChI=1S/C20H20BrN3O4/c21-17-10-19-18(27-13-28-19)9-16(17)11-22-23-20(25)15-3-1-14(2-4-15)12-24-5-7-26-8-6-24/h1-4,9-11H,5-8,12-13H2,(H,23,25). The summed E-state index contributed by atoms with van der Waals surface area (Å²) in [6.45, 7) is 4.50. The monoisotopic (exact) mass is 445 g/mol. The van der Waals surface area contributed by atoms with Gasteiger partial charge in [-0.1, -0.05) is 12.1 Å². The Morgan fingerprint density at radius 3 is 2.61 bits per heavy atom. The number of carbonyl (C=O) groups excluding carboxylic acids is 1. The number of halogens is 1. The van der Waals surface area contributed by atoms with Crippen LogP contribution >= 0.6 is 15.9 Å². The lowest BCUT2D eigenvalue weighted by Gasteiger charge is -2.26. The third-order valence-electron chi connectivity index (χ3n) is 4.59. The minimum atomic E-state index is -0.258. The van der Waals surface area contributed by atoms with Gasteiger partial charge in [-0.25, -0.2) is 5.43 Å². The van der Waals surface area contributed by atoms with Crippen molar-refractivity contribution >= 4 is 28.1 Å². The molecule has 0 radical (unpaired) electrons. The van der Waals surface area contributed by atoms with Gasteiger partial charge in [-0.3, -0.25) is 9.69 Å². The number of hydrazone groups is 1. The first kappa shape index (κ1) is 18.9. The van der Waals surface area contributed by atoms with Crippen molar-refractivity contribution in [2.24, 2.45) is 5.10 Å². The number of morpholine rings is 1. The normalized spacial score (nSPS) is 16.5. The van der Waals surface area contributed by atoms with Gasteiger partial charge in [0.2, 0.25) is 6.79 Å². The van der Waals surface area contributed by atoms with Crippen molar-refractivity contribution < 1.29 is 19.0 Å². The maximum absolute atomic E-state index is 12.3. The molecular formula is C20H20BrN3O4. The molecule has 0 unspecified atom stereocenters. The van der Waals surface area contributed by atoms with Crippen molar-refractivity contribution in [3.05, 3.63) is 57.6 Å². The van der Waals surface area contributed by atoms with Gasteiger partial charge in [0.05, 0.1) is 19.4 Å². The summed E-state index contributed by atoms with van der Waals surface area (Å²) in [4.78, 5) is 14.6. The van der Waals surface area contributed by atoms with Gasteiger partial charge < -0.3 is 14.2 Å². The molecular weight excluding hydrogens is 426 g/mol. The van der Waals surface area contributed by atoms with Gasteiger partial charge in [0.15, 0.2) is 11.5 Å². The third kappa shape index (κ3) is 4.52. The van der Waals surface area contributed by atoms with Crippen LogP contribution in [-0.2, 0) is 11.3 Å². The van der Waals surface area contributed by atoms with Gasteiger partial charge in [-0.15, -0.1) is 0 Å². The number of carbonyl (C=O) groups is 1. The molecule has 0 aromatic heterocycles. The topological polar surface area (TPSA) is 72.4 Å². The summed E-state index contributed by atoms with van der Waals surface area (Å²) in [7, 11) is 0. The number of nitrogens with one attached hydrogen (secondary N) is 1. The first-order valence-electron chi connectivity index (χ1n) is 9.00. The molecule has 28 heavy (non-hydrogen) atoms. The smallest absolute Gasteiger partial charge is 0.271 e. The maximum Gasteiger partial charge on any atom is 0.271 e. The van der Waals surface area contributed by atoms with Gasteiger partial charge >= 0.3 is 0 Å². The Kier molecular flexibility index (Phi) is 5.90. The molecule has 0 aliphatic carbocycles. The van der Waals surface area contributed by atoms with Gasteiger partial charge in [0.25, 0.3) is 5.91 Å². The molecule has 2 aliphatic rings. The van der Waals surface area contributed by atoms with E-state index in [9.17, 15) is 4.79 Å². The molecule has 7 nitrogen and oxygen atoms in total. The first-order valence-corrected chi connectivity index (χ1v) is 9.80. The van der Waals surface area contributed by atoms with Crippen LogP contribution in [0.1, 0.15) is 21.5 Å². The van der Waals surface area contributed by atoms with E-state index in [2.05, 4.69) is 31.4 Å². The van der Waals surface area contributed by atoms with Crippen molar-refractivity contribution in [3.8, 4) is 11.5 Å². The minimum Gasteiger partial charge on any atom is -0.454 e. The molecule has 2 heterocycles. The number of nitrogens with zero attached hydrogens (tertiary/aromatic N) is 2. The molecule has 4 rings (SSSR count). The number of amides is 1. The Labute approximate surface area is 171 Å². The van der Waals surface area contributed by atoms with E-state index in [1.54, 1.807) is 6.21 Å². The molecule has 8 heteroatoms. The van der Waals surface area contributed by atoms with Crippen LogP contribution in [-0.4, -0.2) is 50.1 Å². The highest BCUT2D eigenvalue weighted by Gasteiger charge is 2.15. The lowest BCUT2D eigenvalue weighted by atomic mass is 10.1. The highest BCUT2D eigenvalue weighted by Crippen LogP contribution is 2.36. The summed E-state index contributed by atoms with van der Waals surface area (Å²) in [6.07, 6.45) is 1.57. The van der Waals surface area contributed by atoms with Crippen LogP contribution in [0.4, 0.5) is 0 Å². The van der Waals surface area contributed by atoms with Crippen molar-refractivity contribution in [2.75, 3.05) is 33.1 Å². The Hall–Kier alpha value is -2.42. The predicted octanol–water partition coefficient (Wildman–Crippen LogP) is 2.77. The average molecular weight is 446 g/mol. The zero-order valence-electron chi connectivity index (χ0n) is 15.2. The SMILES string of the molecule is O=C(NN=Cc1cc2c(cc1Br)OCO2)c1ccc(CN2CCOCC2)cc1. The van der Waals surface area contributed by atoms with E-state index < -0.39 is 0 Å². The fourth-order valence-electron chi connectivity index (χ4n) is 3.04. The number of rotatable bonds is 5. The zero-order valence-corrected chi connectivity index (χ0v) is 16.8. The van der Waals surface area contributed by atoms with Crippen molar-refractivity contribution in [3.63, 3.8) is 0 Å². The molecule has 0 spiro atoms. The largest absolute Gasteiger partial charge is 0.454 e. The van der Waals surface area contributed by atoms with Crippen molar-refractivity contribution in [1.29, 1.82) is 0 Å². The van der Waals surface area contributed by atoms with E-state index in [4.69, 9.17) is 14.2 Å². The average Bonchev–Trinajstić information content (AvgIpc) is 3.16. The maximum atomic E-state index is 12.3. The molecule has 1 N–H and O–H groups in total. The quantitative estimate of drug-likeness (QED) is 0.565. The second kappa shape index (κ2) is 8.72. The lowest BCUT2D eigenvalue weighted by Crippen LogP contribution is -2.35. The summed E-state index contributed by atoms with van der Waals surface area (Å²) in [5.74, 6) is 1.09. The lowest BCUT2D eigenvalue weighted by molar-refractivity contribution is 0.0342. The van der Waals surface area contributed by atoms with Crippen LogP contribution in [0, 0.1) is 0 Å². The van der Waals surface area contributed by atoms with E-state index in [0.717, 1.165) is 42.9 Å². The summed E-state index contributed by atoms with van der Waals surface area (Å²) in [5, 5.41) is 4.05. The Balaban J connectivity index is 1.34. The predicted molar refractivity (Wildman–Crippen MR) is 108 cm³/mol. The second-order valence-electron chi connectivity index (χ2n) is 6.51.